The molecule has 1 N–H and O–H groups in total. The standard InChI is InChI=1S/C21H27F2N3O3.HI/c1-24-21(25-12-11-15-7-10-18(27-3)19(13-15)28-4)26(2)14-16-5-8-17(9-6-16)29-20(22)23;/h5-10,13,20H,11-12,14H2,1-4H3,(H,24,25);1H. The van der Waals surface area contributed by atoms with Crippen molar-refractivity contribution in [1.82, 2.24) is 10.2 Å². The monoisotopic (exact) mass is 535 g/mol. The van der Waals surface area contributed by atoms with Crippen LogP contribution >= 0.6 is 24.0 Å². The molecule has 0 aliphatic heterocycles. The van der Waals surface area contributed by atoms with Crippen LogP contribution in [-0.4, -0.2) is 52.3 Å². The average Bonchev–Trinajstić information content (AvgIpc) is 2.72. The smallest absolute Gasteiger partial charge is 0.387 e. The van der Waals surface area contributed by atoms with Gasteiger partial charge in [0.15, 0.2) is 17.5 Å². The maximum Gasteiger partial charge on any atom is 0.387 e. The minimum absolute atomic E-state index is 0. The summed E-state index contributed by atoms with van der Waals surface area (Å²) in [7, 11) is 6.85. The molecule has 0 atom stereocenters. The molecule has 2 aromatic rings. The van der Waals surface area contributed by atoms with Crippen molar-refractivity contribution in [1.29, 1.82) is 0 Å². The first-order chi connectivity index (χ1) is 14.0. The lowest BCUT2D eigenvalue weighted by atomic mass is 10.1. The van der Waals surface area contributed by atoms with Crippen LogP contribution in [0.25, 0.3) is 0 Å². The van der Waals surface area contributed by atoms with Gasteiger partial charge in [-0.05, 0) is 41.8 Å². The molecule has 0 fully saturated rings. The van der Waals surface area contributed by atoms with Crippen LogP contribution < -0.4 is 19.5 Å². The highest BCUT2D eigenvalue weighted by Crippen LogP contribution is 2.27. The Hall–Kier alpha value is -2.30. The van der Waals surface area contributed by atoms with Crippen LogP contribution in [0.15, 0.2) is 47.5 Å². The molecule has 0 spiro atoms. The van der Waals surface area contributed by atoms with Crippen LogP contribution in [0, 0.1) is 0 Å². The highest BCUT2D eigenvalue weighted by Gasteiger charge is 2.09. The zero-order valence-corrected chi connectivity index (χ0v) is 19.9. The molecule has 0 bridgehead atoms. The second kappa shape index (κ2) is 13.1. The summed E-state index contributed by atoms with van der Waals surface area (Å²) in [5.41, 5.74) is 2.07. The average molecular weight is 535 g/mol. The third-order valence-corrected chi connectivity index (χ3v) is 4.29. The van der Waals surface area contributed by atoms with Crippen molar-refractivity contribution < 1.29 is 23.0 Å². The van der Waals surface area contributed by atoms with Gasteiger partial charge in [-0.25, -0.2) is 0 Å². The van der Waals surface area contributed by atoms with Gasteiger partial charge in [0.2, 0.25) is 0 Å². The predicted octanol–water partition coefficient (Wildman–Crippen LogP) is 4.17. The van der Waals surface area contributed by atoms with Crippen LogP contribution in [0.3, 0.4) is 0 Å². The number of guanidine groups is 1. The van der Waals surface area contributed by atoms with Gasteiger partial charge < -0.3 is 24.4 Å². The van der Waals surface area contributed by atoms with E-state index in [1.807, 2.05) is 30.1 Å². The van der Waals surface area contributed by atoms with E-state index >= 15 is 0 Å². The molecule has 0 aliphatic carbocycles. The molecule has 166 valence electrons. The molecule has 0 aromatic heterocycles. The number of methoxy groups -OCH3 is 2. The summed E-state index contributed by atoms with van der Waals surface area (Å²) in [6.07, 6.45) is 0.785. The Labute approximate surface area is 193 Å². The van der Waals surface area contributed by atoms with Crippen LogP contribution in [-0.2, 0) is 13.0 Å². The van der Waals surface area contributed by atoms with Gasteiger partial charge in [-0.3, -0.25) is 4.99 Å². The zero-order chi connectivity index (χ0) is 21.2. The molecule has 0 heterocycles. The summed E-state index contributed by atoms with van der Waals surface area (Å²) < 4.78 is 39.4. The highest BCUT2D eigenvalue weighted by atomic mass is 127. The summed E-state index contributed by atoms with van der Waals surface area (Å²) in [6.45, 7) is -1.56. The minimum Gasteiger partial charge on any atom is -0.493 e. The normalized spacial score (nSPS) is 11.0. The second-order valence-electron chi connectivity index (χ2n) is 6.29. The van der Waals surface area contributed by atoms with Gasteiger partial charge in [0.05, 0.1) is 14.2 Å². The van der Waals surface area contributed by atoms with E-state index in [1.165, 1.54) is 12.1 Å². The van der Waals surface area contributed by atoms with E-state index in [0.717, 1.165) is 23.5 Å². The molecule has 0 aliphatic rings. The Morgan fingerprint density at radius 2 is 1.67 bits per heavy atom. The van der Waals surface area contributed by atoms with Crippen molar-refractivity contribution in [3.63, 3.8) is 0 Å². The molecule has 2 aromatic carbocycles. The van der Waals surface area contributed by atoms with E-state index in [-0.39, 0.29) is 29.7 Å². The Kier molecular flexibility index (Phi) is 11.2. The fourth-order valence-corrected chi connectivity index (χ4v) is 2.86. The van der Waals surface area contributed by atoms with Crippen LogP contribution in [0.5, 0.6) is 17.2 Å². The van der Waals surface area contributed by atoms with Crippen molar-refractivity contribution in [3.8, 4) is 17.2 Å². The summed E-state index contributed by atoms with van der Waals surface area (Å²) >= 11 is 0. The van der Waals surface area contributed by atoms with E-state index in [1.54, 1.807) is 33.4 Å². The maximum atomic E-state index is 12.2. The van der Waals surface area contributed by atoms with Crippen molar-refractivity contribution in [2.75, 3.05) is 34.9 Å². The van der Waals surface area contributed by atoms with E-state index < -0.39 is 6.61 Å². The van der Waals surface area contributed by atoms with Gasteiger partial charge in [-0.15, -0.1) is 24.0 Å². The topological polar surface area (TPSA) is 55.3 Å². The van der Waals surface area contributed by atoms with Crippen LogP contribution in [0.4, 0.5) is 8.78 Å². The summed E-state index contributed by atoms with van der Waals surface area (Å²) in [5, 5.41) is 3.32. The number of aliphatic imine (C=N–C) groups is 1. The molecule has 9 heteroatoms. The number of alkyl halides is 2. The SMILES string of the molecule is CN=C(NCCc1ccc(OC)c(OC)c1)N(C)Cc1ccc(OC(F)F)cc1.I. The van der Waals surface area contributed by atoms with Gasteiger partial charge in [0.25, 0.3) is 0 Å². The fourth-order valence-electron chi connectivity index (χ4n) is 2.86. The van der Waals surface area contributed by atoms with Gasteiger partial charge in [-0.1, -0.05) is 18.2 Å². The van der Waals surface area contributed by atoms with Crippen molar-refractivity contribution >= 4 is 29.9 Å². The van der Waals surface area contributed by atoms with Gasteiger partial charge in [-0.2, -0.15) is 8.78 Å². The Balaban J connectivity index is 0.00000450. The Bertz CT molecular complexity index is 805. The number of nitrogens with zero attached hydrogens (tertiary/aromatic N) is 2. The van der Waals surface area contributed by atoms with Gasteiger partial charge in [0, 0.05) is 27.2 Å². The highest BCUT2D eigenvalue weighted by molar-refractivity contribution is 14.0. The minimum atomic E-state index is -2.82. The Morgan fingerprint density at radius 1 is 1.03 bits per heavy atom. The summed E-state index contributed by atoms with van der Waals surface area (Å²) in [4.78, 5) is 6.25. The molecular weight excluding hydrogens is 507 g/mol. The van der Waals surface area contributed by atoms with Crippen LogP contribution in [0.1, 0.15) is 11.1 Å². The molecule has 0 amide bonds. The lowest BCUT2D eigenvalue weighted by molar-refractivity contribution is -0.0498. The van der Waals surface area contributed by atoms with E-state index in [9.17, 15) is 8.78 Å². The van der Waals surface area contributed by atoms with Crippen molar-refractivity contribution in [3.05, 3.63) is 53.6 Å². The summed E-state index contributed by atoms with van der Waals surface area (Å²) in [5.74, 6) is 2.28. The molecule has 0 radical (unpaired) electrons. The molecule has 6 nitrogen and oxygen atoms in total. The Morgan fingerprint density at radius 3 is 2.23 bits per heavy atom. The second-order valence-corrected chi connectivity index (χ2v) is 6.29. The van der Waals surface area contributed by atoms with Crippen molar-refractivity contribution in [2.24, 2.45) is 4.99 Å². The van der Waals surface area contributed by atoms with E-state index in [0.29, 0.717) is 24.6 Å². The molecular formula is C21H28F2IN3O3. The lowest BCUT2D eigenvalue weighted by Gasteiger charge is -2.22. The van der Waals surface area contributed by atoms with E-state index in [4.69, 9.17) is 9.47 Å². The summed E-state index contributed by atoms with van der Waals surface area (Å²) in [6, 6.07) is 12.4. The fraction of sp³-hybridized carbons (Fsp3) is 0.381. The first-order valence-electron chi connectivity index (χ1n) is 9.13. The number of hydrogen-bond donors (Lipinski definition) is 1. The predicted molar refractivity (Wildman–Crippen MR) is 125 cm³/mol. The molecule has 0 unspecified atom stereocenters. The van der Waals surface area contributed by atoms with Gasteiger partial charge >= 0.3 is 6.61 Å². The molecule has 30 heavy (non-hydrogen) atoms. The quantitative estimate of drug-likeness (QED) is 0.297. The van der Waals surface area contributed by atoms with E-state index in [2.05, 4.69) is 15.0 Å². The number of hydrogen-bond acceptors (Lipinski definition) is 4. The number of ether oxygens (including phenoxy) is 3. The number of halogens is 3. The van der Waals surface area contributed by atoms with Crippen molar-refractivity contribution in [2.45, 2.75) is 19.6 Å². The van der Waals surface area contributed by atoms with Crippen LogP contribution in [0.2, 0.25) is 0 Å². The van der Waals surface area contributed by atoms with Gasteiger partial charge in [0.1, 0.15) is 5.75 Å². The molecule has 0 saturated carbocycles. The third-order valence-electron chi connectivity index (χ3n) is 4.29. The lowest BCUT2D eigenvalue weighted by Crippen LogP contribution is -2.39. The zero-order valence-electron chi connectivity index (χ0n) is 17.5. The largest absolute Gasteiger partial charge is 0.493 e. The third kappa shape index (κ3) is 7.85. The first-order valence-corrected chi connectivity index (χ1v) is 9.13. The maximum absolute atomic E-state index is 12.2. The molecule has 0 saturated heterocycles. The number of benzene rings is 2. The first kappa shape index (κ1) is 25.7. The number of rotatable bonds is 9. The molecule has 2 rings (SSSR count). The number of nitrogens with one attached hydrogen (secondary N) is 1.